The molecule has 1 aromatic carbocycles. The fourth-order valence-corrected chi connectivity index (χ4v) is 2.66. The Morgan fingerprint density at radius 2 is 2.04 bits per heavy atom. The monoisotopic (exact) mass is 387 g/mol. The SMILES string of the molecule is CC1(C)COC(CCCC=NCC(=O)c2cccc(/C=C/C(=O)CO)c2)OC1. The van der Waals surface area contributed by atoms with Gasteiger partial charge in [0.05, 0.1) is 13.2 Å². The van der Waals surface area contributed by atoms with Crippen LogP contribution in [-0.4, -0.2) is 55.5 Å². The van der Waals surface area contributed by atoms with E-state index in [4.69, 9.17) is 14.6 Å². The van der Waals surface area contributed by atoms with Crippen LogP contribution in [0.25, 0.3) is 6.08 Å². The molecule has 0 amide bonds. The third-order valence-corrected chi connectivity index (χ3v) is 4.28. The maximum Gasteiger partial charge on any atom is 0.184 e. The number of ether oxygens (including phenoxy) is 2. The molecule has 1 aliphatic heterocycles. The first-order chi connectivity index (χ1) is 13.4. The molecular weight excluding hydrogens is 358 g/mol. The van der Waals surface area contributed by atoms with Crippen LogP contribution in [-0.2, 0) is 14.3 Å². The quantitative estimate of drug-likeness (QED) is 0.289. The van der Waals surface area contributed by atoms with Crippen molar-refractivity contribution in [3.63, 3.8) is 0 Å². The van der Waals surface area contributed by atoms with Crippen LogP contribution in [0.1, 0.15) is 49.0 Å². The second kappa shape index (κ2) is 11.0. The number of unbranched alkanes of at least 4 members (excludes halogenated alkanes) is 1. The van der Waals surface area contributed by atoms with Crippen molar-refractivity contribution in [2.75, 3.05) is 26.4 Å². The highest BCUT2D eigenvalue weighted by Crippen LogP contribution is 2.24. The van der Waals surface area contributed by atoms with Crippen molar-refractivity contribution in [3.05, 3.63) is 41.5 Å². The molecule has 1 aliphatic rings. The van der Waals surface area contributed by atoms with Gasteiger partial charge in [0, 0.05) is 11.0 Å². The first-order valence-corrected chi connectivity index (χ1v) is 9.56. The Kier molecular flexibility index (Phi) is 8.70. The van der Waals surface area contributed by atoms with Gasteiger partial charge in [0.15, 0.2) is 17.9 Å². The number of aliphatic imine (C=N–C) groups is 1. The van der Waals surface area contributed by atoms with Gasteiger partial charge < -0.3 is 14.6 Å². The molecule has 1 aromatic rings. The molecule has 6 nitrogen and oxygen atoms in total. The second-order valence-electron chi connectivity index (χ2n) is 7.68. The minimum atomic E-state index is -0.527. The molecule has 2 rings (SSSR count). The number of carbonyl (C=O) groups is 2. The van der Waals surface area contributed by atoms with E-state index in [2.05, 4.69) is 18.8 Å². The van der Waals surface area contributed by atoms with E-state index in [9.17, 15) is 9.59 Å². The lowest BCUT2D eigenvalue weighted by atomic mass is 9.95. The zero-order chi connectivity index (χ0) is 20.4. The summed E-state index contributed by atoms with van der Waals surface area (Å²) >= 11 is 0. The highest BCUT2D eigenvalue weighted by atomic mass is 16.7. The van der Waals surface area contributed by atoms with Crippen LogP contribution >= 0.6 is 0 Å². The van der Waals surface area contributed by atoms with E-state index in [1.165, 1.54) is 6.08 Å². The first-order valence-electron chi connectivity index (χ1n) is 9.56. The number of rotatable bonds is 10. The molecule has 1 saturated heterocycles. The fraction of sp³-hybridized carbons (Fsp3) is 0.500. The molecule has 0 unspecified atom stereocenters. The number of ketones is 2. The van der Waals surface area contributed by atoms with Gasteiger partial charge in [0.1, 0.15) is 13.2 Å². The van der Waals surface area contributed by atoms with E-state index in [1.807, 2.05) is 0 Å². The number of Topliss-reactive ketones (excluding diaryl/α,β-unsaturated/α-hetero) is 1. The third-order valence-electron chi connectivity index (χ3n) is 4.28. The van der Waals surface area contributed by atoms with E-state index in [0.717, 1.165) is 24.8 Å². The van der Waals surface area contributed by atoms with Crippen LogP contribution in [0.5, 0.6) is 0 Å². The van der Waals surface area contributed by atoms with Gasteiger partial charge in [-0.25, -0.2) is 0 Å². The van der Waals surface area contributed by atoms with E-state index in [0.29, 0.717) is 18.8 Å². The van der Waals surface area contributed by atoms with Crippen LogP contribution in [0.4, 0.5) is 0 Å². The molecule has 0 radical (unpaired) electrons. The smallest absolute Gasteiger partial charge is 0.184 e. The Bertz CT molecular complexity index is 713. The summed E-state index contributed by atoms with van der Waals surface area (Å²) in [5.41, 5.74) is 1.36. The number of aliphatic hydroxyl groups is 1. The number of nitrogens with zero attached hydrogens (tertiary/aromatic N) is 1. The van der Waals surface area contributed by atoms with Crippen LogP contribution < -0.4 is 0 Å². The Balaban J connectivity index is 1.70. The first kappa shape index (κ1) is 22.1. The number of aliphatic hydroxyl groups excluding tert-OH is 1. The molecule has 0 spiro atoms. The summed E-state index contributed by atoms with van der Waals surface area (Å²) in [6.07, 6.45) is 6.98. The van der Waals surface area contributed by atoms with Crippen molar-refractivity contribution in [1.82, 2.24) is 0 Å². The molecule has 152 valence electrons. The van der Waals surface area contributed by atoms with Crippen LogP contribution in [0.3, 0.4) is 0 Å². The van der Waals surface area contributed by atoms with E-state index in [1.54, 1.807) is 36.6 Å². The summed E-state index contributed by atoms with van der Waals surface area (Å²) < 4.78 is 11.4. The van der Waals surface area contributed by atoms with Gasteiger partial charge in [0.2, 0.25) is 0 Å². The Morgan fingerprint density at radius 1 is 1.29 bits per heavy atom. The van der Waals surface area contributed by atoms with Crippen molar-refractivity contribution >= 4 is 23.9 Å². The standard InChI is InChI=1S/C22H29NO5/c1-22(2)15-27-21(28-16-22)8-3-4-11-23-13-20(26)18-7-5-6-17(12-18)9-10-19(25)14-24/h5-7,9-12,21,24H,3-4,8,13-16H2,1-2H3/b10-9+,23-11?. The topological polar surface area (TPSA) is 85.2 Å². The van der Waals surface area contributed by atoms with Gasteiger partial charge in [-0.3, -0.25) is 14.6 Å². The lowest BCUT2D eigenvalue weighted by Crippen LogP contribution is -2.37. The number of hydrogen-bond donors (Lipinski definition) is 1. The summed E-state index contributed by atoms with van der Waals surface area (Å²) in [5, 5.41) is 8.72. The van der Waals surface area contributed by atoms with Gasteiger partial charge >= 0.3 is 0 Å². The number of hydrogen-bond acceptors (Lipinski definition) is 6. The van der Waals surface area contributed by atoms with Crippen LogP contribution in [0, 0.1) is 5.41 Å². The highest BCUT2D eigenvalue weighted by Gasteiger charge is 2.27. The van der Waals surface area contributed by atoms with Crippen molar-refractivity contribution in [2.24, 2.45) is 10.4 Å². The van der Waals surface area contributed by atoms with E-state index in [-0.39, 0.29) is 29.8 Å². The lowest BCUT2D eigenvalue weighted by Gasteiger charge is -2.34. The van der Waals surface area contributed by atoms with Gasteiger partial charge in [-0.1, -0.05) is 38.1 Å². The molecule has 0 saturated carbocycles. The number of carbonyl (C=O) groups excluding carboxylic acids is 2. The van der Waals surface area contributed by atoms with Crippen molar-refractivity contribution in [1.29, 1.82) is 0 Å². The van der Waals surface area contributed by atoms with E-state index < -0.39 is 6.61 Å². The molecule has 0 aliphatic carbocycles. The molecule has 0 aromatic heterocycles. The summed E-state index contributed by atoms with van der Waals surface area (Å²) in [6, 6.07) is 6.98. The molecule has 0 bridgehead atoms. The second-order valence-corrected chi connectivity index (χ2v) is 7.68. The zero-order valence-corrected chi connectivity index (χ0v) is 16.6. The van der Waals surface area contributed by atoms with Crippen molar-refractivity contribution < 1.29 is 24.2 Å². The van der Waals surface area contributed by atoms with Gasteiger partial charge in [-0.2, -0.15) is 0 Å². The van der Waals surface area contributed by atoms with Crippen molar-refractivity contribution in [2.45, 2.75) is 39.4 Å². The van der Waals surface area contributed by atoms with Crippen LogP contribution in [0.2, 0.25) is 0 Å². The Hall–Kier alpha value is -2.15. The normalized spacial score (nSPS) is 17.4. The number of benzene rings is 1. The maximum absolute atomic E-state index is 12.2. The van der Waals surface area contributed by atoms with Gasteiger partial charge in [-0.05, 0) is 43.2 Å². The highest BCUT2D eigenvalue weighted by molar-refractivity contribution is 5.99. The fourth-order valence-electron chi connectivity index (χ4n) is 2.66. The van der Waals surface area contributed by atoms with Gasteiger partial charge in [0.25, 0.3) is 0 Å². The molecule has 1 N–H and O–H groups in total. The van der Waals surface area contributed by atoms with Gasteiger partial charge in [-0.15, -0.1) is 0 Å². The maximum atomic E-state index is 12.2. The lowest BCUT2D eigenvalue weighted by molar-refractivity contribution is -0.223. The summed E-state index contributed by atoms with van der Waals surface area (Å²) in [7, 11) is 0. The van der Waals surface area contributed by atoms with Crippen molar-refractivity contribution in [3.8, 4) is 0 Å². The largest absolute Gasteiger partial charge is 0.388 e. The molecule has 1 heterocycles. The third kappa shape index (κ3) is 7.84. The van der Waals surface area contributed by atoms with Crippen LogP contribution in [0.15, 0.2) is 35.3 Å². The predicted molar refractivity (Wildman–Crippen MR) is 109 cm³/mol. The minimum Gasteiger partial charge on any atom is -0.388 e. The molecule has 1 fully saturated rings. The Labute approximate surface area is 166 Å². The minimum absolute atomic E-state index is 0.0823. The zero-order valence-electron chi connectivity index (χ0n) is 16.6. The summed E-state index contributed by atoms with van der Waals surface area (Å²) in [6.45, 7) is 5.22. The molecule has 28 heavy (non-hydrogen) atoms. The molecular formula is C22H29NO5. The average molecular weight is 387 g/mol. The average Bonchev–Trinajstić information content (AvgIpc) is 2.69. The summed E-state index contributed by atoms with van der Waals surface area (Å²) in [5.74, 6) is -0.463. The molecule has 6 heteroatoms. The predicted octanol–water partition coefficient (Wildman–Crippen LogP) is 3.08. The summed E-state index contributed by atoms with van der Waals surface area (Å²) in [4.78, 5) is 27.6. The Morgan fingerprint density at radius 3 is 2.75 bits per heavy atom. The molecule has 0 atom stereocenters. The van der Waals surface area contributed by atoms with E-state index >= 15 is 0 Å².